The van der Waals surface area contributed by atoms with Crippen molar-refractivity contribution in [2.24, 2.45) is 4.99 Å². The second-order valence-electron chi connectivity index (χ2n) is 4.46. The number of ether oxygens (including phenoxy) is 2. The second-order valence-corrected chi connectivity index (χ2v) is 4.46. The predicted molar refractivity (Wildman–Crippen MR) is 63.2 cm³/mol. The number of esters is 1. The molecule has 1 aromatic rings. The predicted octanol–water partition coefficient (Wildman–Crippen LogP) is 1.25. The van der Waals surface area contributed by atoms with Crippen molar-refractivity contribution in [1.29, 1.82) is 0 Å². The van der Waals surface area contributed by atoms with Crippen LogP contribution in [0, 0.1) is 0 Å². The fourth-order valence-corrected chi connectivity index (χ4v) is 2.16. The van der Waals surface area contributed by atoms with Crippen molar-refractivity contribution >= 4 is 12.4 Å². The summed E-state index contributed by atoms with van der Waals surface area (Å²) in [6.45, 7) is 2.13. The molecular formula is C12H15N3O3. The minimum absolute atomic E-state index is 0.347. The van der Waals surface area contributed by atoms with Gasteiger partial charge in [-0.15, -0.1) is 0 Å². The van der Waals surface area contributed by atoms with E-state index in [1.165, 1.54) is 6.40 Å². The summed E-state index contributed by atoms with van der Waals surface area (Å²) in [6.07, 6.45) is 6.76. The molecule has 6 heteroatoms. The Morgan fingerprint density at radius 1 is 1.61 bits per heavy atom. The molecule has 0 spiro atoms. The lowest BCUT2D eigenvalue weighted by Gasteiger charge is -2.17. The molecule has 3 rings (SSSR count). The molecule has 2 aliphatic rings. The van der Waals surface area contributed by atoms with E-state index in [-0.39, 0.29) is 5.97 Å². The quantitative estimate of drug-likeness (QED) is 0.753. The normalized spacial score (nSPS) is 26.1. The molecule has 96 valence electrons. The lowest BCUT2D eigenvalue weighted by Crippen LogP contribution is -2.27. The van der Waals surface area contributed by atoms with Crippen LogP contribution in [0.15, 0.2) is 17.5 Å². The molecule has 0 bridgehead atoms. The van der Waals surface area contributed by atoms with E-state index in [0.717, 1.165) is 18.5 Å². The molecule has 0 aromatic carbocycles. The summed E-state index contributed by atoms with van der Waals surface area (Å²) in [5, 5.41) is 0. The summed E-state index contributed by atoms with van der Waals surface area (Å²) in [6, 6.07) is -0.117. The largest absolute Gasteiger partial charge is 0.471 e. The Hall–Kier alpha value is -1.85. The summed E-state index contributed by atoms with van der Waals surface area (Å²) in [5.74, 6) is -0.347. The van der Waals surface area contributed by atoms with Gasteiger partial charge in [0, 0.05) is 6.04 Å². The summed E-state index contributed by atoms with van der Waals surface area (Å²) in [4.78, 5) is 20.0. The maximum absolute atomic E-state index is 11.8. The first kappa shape index (κ1) is 11.3. The van der Waals surface area contributed by atoms with Crippen molar-refractivity contribution in [2.75, 3.05) is 6.61 Å². The molecule has 1 saturated carbocycles. The van der Waals surface area contributed by atoms with E-state index >= 15 is 0 Å². The maximum atomic E-state index is 11.8. The Morgan fingerprint density at radius 3 is 3.17 bits per heavy atom. The van der Waals surface area contributed by atoms with Crippen molar-refractivity contribution in [3.8, 4) is 0 Å². The van der Waals surface area contributed by atoms with Gasteiger partial charge in [-0.1, -0.05) is 0 Å². The van der Waals surface area contributed by atoms with Crippen LogP contribution in [-0.4, -0.2) is 34.6 Å². The highest BCUT2D eigenvalue weighted by Gasteiger charge is 2.39. The number of imidazole rings is 1. The Labute approximate surface area is 105 Å². The van der Waals surface area contributed by atoms with Crippen LogP contribution in [0.5, 0.6) is 0 Å². The van der Waals surface area contributed by atoms with E-state index in [2.05, 4.69) is 14.5 Å². The van der Waals surface area contributed by atoms with Gasteiger partial charge < -0.3 is 14.0 Å². The number of aliphatic imine (C=N–C) groups is 1. The Morgan fingerprint density at radius 2 is 2.44 bits per heavy atom. The van der Waals surface area contributed by atoms with Crippen LogP contribution in [0.3, 0.4) is 0 Å². The van der Waals surface area contributed by atoms with Gasteiger partial charge in [-0.25, -0.2) is 14.8 Å². The first-order valence-electron chi connectivity index (χ1n) is 6.16. The van der Waals surface area contributed by atoms with Gasteiger partial charge in [0.05, 0.1) is 24.8 Å². The van der Waals surface area contributed by atoms with E-state index < -0.39 is 12.1 Å². The zero-order chi connectivity index (χ0) is 12.5. The Bertz CT molecular complexity index is 479. The van der Waals surface area contributed by atoms with E-state index in [9.17, 15) is 4.79 Å². The first-order chi connectivity index (χ1) is 8.81. The number of carbonyl (C=O) groups excluding carboxylic acids is 1. The van der Waals surface area contributed by atoms with E-state index in [4.69, 9.17) is 9.47 Å². The SMILES string of the molecule is CCOC(=O)C1N=COC1c1cncn1C1CC1. The molecule has 0 radical (unpaired) electrons. The van der Waals surface area contributed by atoms with Crippen LogP contribution in [0.1, 0.15) is 37.6 Å². The smallest absolute Gasteiger partial charge is 0.335 e. The third kappa shape index (κ3) is 1.87. The minimum atomic E-state index is -0.612. The highest BCUT2D eigenvalue weighted by molar-refractivity contribution is 5.80. The fraction of sp³-hybridized carbons (Fsp3) is 0.583. The number of nitrogens with zero attached hydrogens (tertiary/aromatic N) is 3. The average Bonchev–Trinajstić information content (AvgIpc) is 2.93. The number of aromatic nitrogens is 2. The highest BCUT2D eigenvalue weighted by atomic mass is 16.5. The third-order valence-electron chi connectivity index (χ3n) is 3.17. The lowest BCUT2D eigenvalue weighted by molar-refractivity contribution is -0.146. The van der Waals surface area contributed by atoms with Gasteiger partial charge in [0.25, 0.3) is 0 Å². The highest BCUT2D eigenvalue weighted by Crippen LogP contribution is 2.39. The minimum Gasteiger partial charge on any atom is -0.471 e. The van der Waals surface area contributed by atoms with Crippen molar-refractivity contribution in [2.45, 2.75) is 38.0 Å². The van der Waals surface area contributed by atoms with Crippen molar-refractivity contribution in [3.63, 3.8) is 0 Å². The summed E-state index contributed by atoms with van der Waals surface area (Å²) in [5.41, 5.74) is 0.896. The van der Waals surface area contributed by atoms with Gasteiger partial charge in [-0.2, -0.15) is 0 Å². The molecule has 1 aromatic heterocycles. The molecule has 2 heterocycles. The number of carbonyl (C=O) groups is 1. The van der Waals surface area contributed by atoms with Gasteiger partial charge in [0.2, 0.25) is 0 Å². The average molecular weight is 249 g/mol. The number of hydrogen-bond donors (Lipinski definition) is 0. The Kier molecular flexibility index (Phi) is 2.77. The van der Waals surface area contributed by atoms with Gasteiger partial charge in [0.1, 0.15) is 0 Å². The zero-order valence-corrected chi connectivity index (χ0v) is 10.2. The molecule has 0 amide bonds. The molecule has 1 aliphatic carbocycles. The molecular weight excluding hydrogens is 234 g/mol. The Balaban J connectivity index is 1.82. The fourth-order valence-electron chi connectivity index (χ4n) is 2.16. The molecule has 0 N–H and O–H groups in total. The number of rotatable bonds is 4. The van der Waals surface area contributed by atoms with E-state index in [1.54, 1.807) is 19.4 Å². The topological polar surface area (TPSA) is 65.7 Å². The van der Waals surface area contributed by atoms with Gasteiger partial charge >= 0.3 is 5.97 Å². The van der Waals surface area contributed by atoms with Crippen LogP contribution >= 0.6 is 0 Å². The summed E-state index contributed by atoms with van der Waals surface area (Å²) < 4.78 is 12.5. The molecule has 2 atom stereocenters. The zero-order valence-electron chi connectivity index (χ0n) is 10.2. The molecule has 18 heavy (non-hydrogen) atoms. The first-order valence-corrected chi connectivity index (χ1v) is 6.16. The standard InChI is InChI=1S/C12H15N3O3/c1-2-17-12(16)10-11(18-7-14-10)9-5-13-6-15(9)8-3-4-8/h5-8,10-11H,2-4H2,1H3. The second kappa shape index (κ2) is 4.44. The van der Waals surface area contributed by atoms with Crippen molar-refractivity contribution < 1.29 is 14.3 Å². The molecule has 6 nitrogen and oxygen atoms in total. The van der Waals surface area contributed by atoms with E-state index in [0.29, 0.717) is 12.6 Å². The van der Waals surface area contributed by atoms with Gasteiger partial charge in [-0.05, 0) is 19.8 Å². The van der Waals surface area contributed by atoms with Crippen molar-refractivity contribution in [1.82, 2.24) is 9.55 Å². The molecule has 1 aliphatic heterocycles. The maximum Gasteiger partial charge on any atom is 0.335 e. The van der Waals surface area contributed by atoms with Gasteiger partial charge in [-0.3, -0.25) is 0 Å². The summed E-state index contributed by atoms with van der Waals surface area (Å²) >= 11 is 0. The molecule has 0 saturated heterocycles. The monoisotopic (exact) mass is 249 g/mol. The van der Waals surface area contributed by atoms with Crippen LogP contribution in [0.25, 0.3) is 0 Å². The molecule has 2 unspecified atom stereocenters. The van der Waals surface area contributed by atoms with Crippen LogP contribution in [-0.2, 0) is 14.3 Å². The van der Waals surface area contributed by atoms with Crippen LogP contribution < -0.4 is 0 Å². The van der Waals surface area contributed by atoms with Gasteiger partial charge in [0.15, 0.2) is 18.5 Å². The van der Waals surface area contributed by atoms with E-state index in [1.807, 2.05) is 0 Å². The van der Waals surface area contributed by atoms with Crippen LogP contribution in [0.2, 0.25) is 0 Å². The van der Waals surface area contributed by atoms with Crippen molar-refractivity contribution in [3.05, 3.63) is 18.2 Å². The number of hydrogen-bond acceptors (Lipinski definition) is 5. The lowest BCUT2D eigenvalue weighted by atomic mass is 10.1. The summed E-state index contributed by atoms with van der Waals surface area (Å²) in [7, 11) is 0. The van der Waals surface area contributed by atoms with Crippen LogP contribution in [0.4, 0.5) is 0 Å². The third-order valence-corrected chi connectivity index (χ3v) is 3.17. The molecule has 1 fully saturated rings.